The maximum atomic E-state index is 12.0. The van der Waals surface area contributed by atoms with Gasteiger partial charge >= 0.3 is 12.0 Å². The molecule has 19 heavy (non-hydrogen) atoms. The zero-order chi connectivity index (χ0) is 14.5. The van der Waals surface area contributed by atoms with E-state index in [1.54, 1.807) is 12.0 Å². The minimum absolute atomic E-state index is 0.117. The Kier molecular flexibility index (Phi) is 5.60. The zero-order valence-electron chi connectivity index (χ0n) is 11.9. The molecule has 0 radical (unpaired) electrons. The van der Waals surface area contributed by atoms with Crippen molar-refractivity contribution < 1.29 is 19.4 Å². The molecule has 2 amide bonds. The molecule has 1 rings (SSSR count). The van der Waals surface area contributed by atoms with E-state index in [1.165, 1.54) is 0 Å². The Hall–Kier alpha value is -1.30. The van der Waals surface area contributed by atoms with Gasteiger partial charge in [-0.3, -0.25) is 0 Å². The van der Waals surface area contributed by atoms with E-state index >= 15 is 0 Å². The van der Waals surface area contributed by atoms with Crippen LogP contribution < -0.4 is 5.32 Å². The summed E-state index contributed by atoms with van der Waals surface area (Å²) in [5.41, 5.74) is 0.117. The topological polar surface area (TPSA) is 78.9 Å². The molecule has 2 N–H and O–H groups in total. The summed E-state index contributed by atoms with van der Waals surface area (Å²) >= 11 is 0. The van der Waals surface area contributed by atoms with Crippen molar-refractivity contribution in [3.8, 4) is 0 Å². The van der Waals surface area contributed by atoms with E-state index in [9.17, 15) is 9.59 Å². The number of nitrogens with zero attached hydrogens (tertiary/aromatic N) is 1. The van der Waals surface area contributed by atoms with Gasteiger partial charge in [0.2, 0.25) is 0 Å². The number of likely N-dealkylation sites (tertiary alicyclic amines) is 1. The third kappa shape index (κ3) is 5.06. The smallest absolute Gasteiger partial charge is 0.326 e. The largest absolute Gasteiger partial charge is 0.480 e. The van der Waals surface area contributed by atoms with Gasteiger partial charge in [0.15, 0.2) is 0 Å². The first-order chi connectivity index (χ1) is 8.85. The average molecular weight is 272 g/mol. The van der Waals surface area contributed by atoms with Crippen LogP contribution in [0.25, 0.3) is 0 Å². The predicted molar refractivity (Wildman–Crippen MR) is 71.0 cm³/mol. The number of ether oxygens (including phenoxy) is 1. The van der Waals surface area contributed by atoms with Crippen LogP contribution in [0.15, 0.2) is 0 Å². The molecule has 1 heterocycles. The number of hydrogen-bond acceptors (Lipinski definition) is 3. The van der Waals surface area contributed by atoms with Crippen molar-refractivity contribution in [2.45, 2.75) is 39.2 Å². The van der Waals surface area contributed by atoms with Crippen LogP contribution in [0.2, 0.25) is 0 Å². The van der Waals surface area contributed by atoms with Gasteiger partial charge in [-0.25, -0.2) is 9.59 Å². The maximum Gasteiger partial charge on any atom is 0.326 e. The number of carboxylic acid groups (broad SMARTS) is 1. The second kappa shape index (κ2) is 6.75. The first kappa shape index (κ1) is 15.8. The minimum atomic E-state index is -0.997. The normalized spacial score (nSPS) is 19.2. The molecule has 1 aliphatic heterocycles. The summed E-state index contributed by atoms with van der Waals surface area (Å²) in [6, 6.07) is -1.12. The summed E-state index contributed by atoms with van der Waals surface area (Å²) in [5, 5.41) is 11.7. The Labute approximate surface area is 114 Å². The summed E-state index contributed by atoms with van der Waals surface area (Å²) in [7, 11) is 1.57. The van der Waals surface area contributed by atoms with Gasteiger partial charge in [0.25, 0.3) is 0 Å². The zero-order valence-corrected chi connectivity index (χ0v) is 11.9. The van der Waals surface area contributed by atoms with E-state index < -0.39 is 12.0 Å². The third-order valence-electron chi connectivity index (χ3n) is 3.40. The van der Waals surface area contributed by atoms with Crippen LogP contribution in [-0.4, -0.2) is 54.9 Å². The van der Waals surface area contributed by atoms with Crippen LogP contribution in [0.3, 0.4) is 0 Å². The highest BCUT2D eigenvalue weighted by molar-refractivity contribution is 5.82. The van der Waals surface area contributed by atoms with Crippen LogP contribution >= 0.6 is 0 Å². The van der Waals surface area contributed by atoms with E-state index in [-0.39, 0.29) is 11.4 Å². The molecule has 1 unspecified atom stereocenters. The summed E-state index contributed by atoms with van der Waals surface area (Å²) in [6.45, 7) is 6.06. The van der Waals surface area contributed by atoms with Crippen LogP contribution in [0.4, 0.5) is 4.79 Å². The molecule has 1 atom stereocenters. The third-order valence-corrected chi connectivity index (χ3v) is 3.40. The highest BCUT2D eigenvalue weighted by Gasteiger charge is 2.33. The Morgan fingerprint density at radius 2 is 2.16 bits per heavy atom. The van der Waals surface area contributed by atoms with E-state index in [0.717, 1.165) is 6.42 Å². The molecule has 0 bridgehead atoms. The lowest BCUT2D eigenvalue weighted by molar-refractivity contribution is -0.139. The summed E-state index contributed by atoms with van der Waals surface area (Å²) in [5.74, 6) is -0.997. The first-order valence-electron chi connectivity index (χ1n) is 6.63. The van der Waals surface area contributed by atoms with Crippen molar-refractivity contribution in [2.75, 3.05) is 26.8 Å². The summed E-state index contributed by atoms with van der Waals surface area (Å²) < 4.78 is 4.89. The highest BCUT2D eigenvalue weighted by Crippen LogP contribution is 2.28. The standard InChI is InChI=1S/C13H24N2O4/c1-13(2)6-7-15(9-13)12(18)14-10(11(16)17)5-4-8-19-3/h10H,4-9H2,1-3H3,(H,14,18)(H,16,17). The molecular weight excluding hydrogens is 248 g/mol. The fraction of sp³-hybridized carbons (Fsp3) is 0.846. The van der Waals surface area contributed by atoms with Crippen LogP contribution in [0, 0.1) is 5.41 Å². The molecule has 0 aromatic heterocycles. The Bertz CT molecular complexity index is 331. The number of carbonyl (C=O) groups excluding carboxylic acids is 1. The molecule has 1 fully saturated rings. The lowest BCUT2D eigenvalue weighted by Gasteiger charge is -2.22. The molecule has 1 aliphatic rings. The van der Waals surface area contributed by atoms with Gasteiger partial charge in [-0.2, -0.15) is 0 Å². The Morgan fingerprint density at radius 3 is 2.63 bits per heavy atom. The SMILES string of the molecule is COCCCC(NC(=O)N1CCC(C)(C)C1)C(=O)O. The molecule has 0 saturated carbocycles. The number of nitrogens with one attached hydrogen (secondary N) is 1. The number of rotatable bonds is 6. The number of carbonyl (C=O) groups is 2. The maximum absolute atomic E-state index is 12.0. The molecule has 0 aromatic rings. The van der Waals surface area contributed by atoms with Crippen molar-refractivity contribution in [3.05, 3.63) is 0 Å². The average Bonchev–Trinajstić information content (AvgIpc) is 2.68. The lowest BCUT2D eigenvalue weighted by atomic mass is 9.93. The van der Waals surface area contributed by atoms with Crippen molar-refractivity contribution in [1.82, 2.24) is 10.2 Å². The second-order valence-corrected chi connectivity index (χ2v) is 5.81. The molecular formula is C13H24N2O4. The van der Waals surface area contributed by atoms with Crippen molar-refractivity contribution in [2.24, 2.45) is 5.41 Å². The number of methoxy groups -OCH3 is 1. The van der Waals surface area contributed by atoms with Gasteiger partial charge in [0.05, 0.1) is 0 Å². The molecule has 6 nitrogen and oxygen atoms in total. The number of carboxylic acids is 1. The van der Waals surface area contributed by atoms with Crippen molar-refractivity contribution >= 4 is 12.0 Å². The monoisotopic (exact) mass is 272 g/mol. The van der Waals surface area contributed by atoms with Crippen molar-refractivity contribution in [3.63, 3.8) is 0 Å². The number of amides is 2. The van der Waals surface area contributed by atoms with E-state index in [4.69, 9.17) is 9.84 Å². The highest BCUT2D eigenvalue weighted by atomic mass is 16.5. The first-order valence-corrected chi connectivity index (χ1v) is 6.63. The molecule has 0 aromatic carbocycles. The van der Waals surface area contributed by atoms with E-state index in [0.29, 0.717) is 32.5 Å². The van der Waals surface area contributed by atoms with Crippen molar-refractivity contribution in [1.29, 1.82) is 0 Å². The van der Waals surface area contributed by atoms with E-state index in [2.05, 4.69) is 19.2 Å². The number of hydrogen-bond donors (Lipinski definition) is 2. The Morgan fingerprint density at radius 1 is 1.47 bits per heavy atom. The fourth-order valence-electron chi connectivity index (χ4n) is 2.22. The minimum Gasteiger partial charge on any atom is -0.480 e. The molecule has 110 valence electrons. The van der Waals surface area contributed by atoms with Gasteiger partial charge in [-0.05, 0) is 24.7 Å². The van der Waals surface area contributed by atoms with Gasteiger partial charge < -0.3 is 20.1 Å². The predicted octanol–water partition coefficient (Wildman–Crippen LogP) is 1.31. The van der Waals surface area contributed by atoms with Crippen LogP contribution in [0.1, 0.15) is 33.1 Å². The number of urea groups is 1. The van der Waals surface area contributed by atoms with Gasteiger partial charge in [-0.1, -0.05) is 13.8 Å². The molecule has 6 heteroatoms. The Balaban J connectivity index is 2.45. The molecule has 0 aliphatic carbocycles. The summed E-state index contributed by atoms with van der Waals surface area (Å²) in [6.07, 6.45) is 1.94. The van der Waals surface area contributed by atoms with Crippen LogP contribution in [-0.2, 0) is 9.53 Å². The second-order valence-electron chi connectivity index (χ2n) is 5.81. The van der Waals surface area contributed by atoms with Crippen LogP contribution in [0.5, 0.6) is 0 Å². The fourth-order valence-corrected chi connectivity index (χ4v) is 2.22. The summed E-state index contributed by atoms with van der Waals surface area (Å²) in [4.78, 5) is 24.8. The van der Waals surface area contributed by atoms with Gasteiger partial charge in [0, 0.05) is 26.8 Å². The quantitative estimate of drug-likeness (QED) is 0.714. The lowest BCUT2D eigenvalue weighted by Crippen LogP contribution is -2.47. The van der Waals surface area contributed by atoms with E-state index in [1.807, 2.05) is 0 Å². The molecule has 1 saturated heterocycles. The van der Waals surface area contributed by atoms with Gasteiger partial charge in [0.1, 0.15) is 6.04 Å². The number of aliphatic carboxylic acids is 1. The molecule has 0 spiro atoms. The van der Waals surface area contributed by atoms with Gasteiger partial charge in [-0.15, -0.1) is 0 Å².